The number of halogens is 1. The molecule has 6 nitrogen and oxygen atoms in total. The highest BCUT2D eigenvalue weighted by Gasteiger charge is 2.10. The van der Waals surface area contributed by atoms with E-state index in [1.54, 1.807) is 13.3 Å². The first-order valence-corrected chi connectivity index (χ1v) is 6.78. The number of methoxy groups -OCH3 is 1. The average Bonchev–Trinajstić information content (AvgIpc) is 2.36. The van der Waals surface area contributed by atoms with Gasteiger partial charge in [-0.2, -0.15) is 5.10 Å². The topological polar surface area (TPSA) is 95.2 Å². The van der Waals surface area contributed by atoms with Crippen molar-refractivity contribution in [2.45, 2.75) is 13.3 Å². The Balaban J connectivity index is 3.01. The summed E-state index contributed by atoms with van der Waals surface area (Å²) in [6.07, 6.45) is 2.49. The van der Waals surface area contributed by atoms with Crippen LogP contribution in [0.3, 0.4) is 0 Å². The summed E-state index contributed by atoms with van der Waals surface area (Å²) >= 11 is 2.19. The third-order valence-electron chi connectivity index (χ3n) is 2.08. The quantitative estimate of drug-likeness (QED) is 0.342. The van der Waals surface area contributed by atoms with E-state index in [2.05, 4.69) is 39.7 Å². The maximum atomic E-state index is 5.66. The minimum atomic E-state index is -0.0826. The molecule has 1 aromatic rings. The van der Waals surface area contributed by atoms with E-state index in [0.717, 1.165) is 21.3 Å². The van der Waals surface area contributed by atoms with Crippen molar-refractivity contribution in [3.8, 4) is 11.5 Å². The normalized spacial score (nSPS) is 10.5. The Kier molecular flexibility index (Phi) is 6.40. The summed E-state index contributed by atoms with van der Waals surface area (Å²) in [5.74, 6) is 1.32. The van der Waals surface area contributed by atoms with Crippen LogP contribution in [0.1, 0.15) is 18.9 Å². The fourth-order valence-corrected chi connectivity index (χ4v) is 2.10. The number of nitrogens with zero attached hydrogens (tertiary/aromatic N) is 2. The molecule has 0 amide bonds. The van der Waals surface area contributed by atoms with Gasteiger partial charge >= 0.3 is 0 Å². The predicted molar refractivity (Wildman–Crippen MR) is 84.9 cm³/mol. The molecule has 0 radical (unpaired) electrons. The Morgan fingerprint density at radius 1 is 1.42 bits per heavy atom. The second kappa shape index (κ2) is 7.82. The largest absolute Gasteiger partial charge is 0.493 e. The van der Waals surface area contributed by atoms with E-state index in [1.165, 1.54) is 0 Å². The zero-order chi connectivity index (χ0) is 14.3. The standard InChI is InChI=1S/C12H17IN4O2/c1-3-4-19-11-9(13)5-8(6-10(11)18-2)7-16-17-12(14)15/h5-7H,3-4H2,1-2H3,(H4,14,15,17). The first-order chi connectivity index (χ1) is 9.08. The molecule has 0 aromatic heterocycles. The molecule has 0 heterocycles. The second-order valence-corrected chi connectivity index (χ2v) is 4.81. The van der Waals surface area contributed by atoms with E-state index in [-0.39, 0.29) is 5.96 Å². The molecule has 7 heteroatoms. The minimum Gasteiger partial charge on any atom is -0.493 e. The lowest BCUT2D eigenvalue weighted by Gasteiger charge is -2.12. The van der Waals surface area contributed by atoms with Crippen molar-refractivity contribution in [2.24, 2.45) is 21.7 Å². The van der Waals surface area contributed by atoms with E-state index < -0.39 is 0 Å². The summed E-state index contributed by atoms with van der Waals surface area (Å²) in [6, 6.07) is 3.73. The summed E-state index contributed by atoms with van der Waals surface area (Å²) < 4.78 is 11.9. The first kappa shape index (κ1) is 15.5. The molecule has 19 heavy (non-hydrogen) atoms. The highest BCUT2D eigenvalue weighted by atomic mass is 127. The van der Waals surface area contributed by atoms with Gasteiger partial charge in [-0.05, 0) is 46.7 Å². The molecule has 0 spiro atoms. The lowest BCUT2D eigenvalue weighted by atomic mass is 10.2. The van der Waals surface area contributed by atoms with Crippen LogP contribution in [0.2, 0.25) is 0 Å². The molecular weight excluding hydrogens is 359 g/mol. The molecule has 0 unspecified atom stereocenters. The molecule has 1 rings (SSSR count). The number of guanidine groups is 1. The van der Waals surface area contributed by atoms with Gasteiger partial charge in [-0.15, -0.1) is 5.10 Å². The molecule has 0 aliphatic rings. The van der Waals surface area contributed by atoms with Gasteiger partial charge in [-0.3, -0.25) is 0 Å². The number of benzene rings is 1. The van der Waals surface area contributed by atoms with Gasteiger partial charge in [0.2, 0.25) is 5.96 Å². The van der Waals surface area contributed by atoms with Crippen molar-refractivity contribution in [1.29, 1.82) is 0 Å². The van der Waals surface area contributed by atoms with Crippen LogP contribution < -0.4 is 20.9 Å². The number of ether oxygens (including phenoxy) is 2. The Hall–Kier alpha value is -1.51. The number of nitrogens with two attached hydrogens (primary N) is 2. The van der Waals surface area contributed by atoms with Crippen molar-refractivity contribution in [2.75, 3.05) is 13.7 Å². The third-order valence-corrected chi connectivity index (χ3v) is 2.88. The third kappa shape index (κ3) is 4.93. The number of hydrogen-bond acceptors (Lipinski definition) is 4. The van der Waals surface area contributed by atoms with Crippen LogP contribution in [0.25, 0.3) is 0 Å². The summed E-state index contributed by atoms with van der Waals surface area (Å²) in [5.41, 5.74) is 11.2. The van der Waals surface area contributed by atoms with Crippen LogP contribution in [0, 0.1) is 3.57 Å². The summed E-state index contributed by atoms with van der Waals surface area (Å²) in [6.45, 7) is 2.70. The van der Waals surface area contributed by atoms with Gasteiger partial charge in [0.1, 0.15) is 0 Å². The van der Waals surface area contributed by atoms with E-state index in [4.69, 9.17) is 20.9 Å². The van der Waals surface area contributed by atoms with Crippen LogP contribution in [0.4, 0.5) is 0 Å². The second-order valence-electron chi connectivity index (χ2n) is 3.65. The smallest absolute Gasteiger partial charge is 0.211 e. The van der Waals surface area contributed by atoms with E-state index in [0.29, 0.717) is 12.4 Å². The SMILES string of the molecule is CCCOc1c(I)cc(C=NN=C(N)N)cc1OC. The van der Waals surface area contributed by atoms with Gasteiger partial charge in [-0.1, -0.05) is 6.92 Å². The molecule has 104 valence electrons. The van der Waals surface area contributed by atoms with E-state index >= 15 is 0 Å². The maximum Gasteiger partial charge on any atom is 0.211 e. The molecule has 0 atom stereocenters. The van der Waals surface area contributed by atoms with Crippen molar-refractivity contribution >= 4 is 34.8 Å². The van der Waals surface area contributed by atoms with E-state index in [9.17, 15) is 0 Å². The van der Waals surface area contributed by atoms with Crippen molar-refractivity contribution in [3.05, 3.63) is 21.3 Å². The molecule has 0 aliphatic carbocycles. The maximum absolute atomic E-state index is 5.66. The zero-order valence-electron chi connectivity index (χ0n) is 10.9. The molecular formula is C12H17IN4O2. The van der Waals surface area contributed by atoms with Crippen molar-refractivity contribution in [1.82, 2.24) is 0 Å². The highest BCUT2D eigenvalue weighted by Crippen LogP contribution is 2.33. The lowest BCUT2D eigenvalue weighted by Crippen LogP contribution is -2.21. The molecule has 1 aromatic carbocycles. The van der Waals surface area contributed by atoms with Gasteiger partial charge < -0.3 is 20.9 Å². The van der Waals surface area contributed by atoms with Crippen LogP contribution in [0.15, 0.2) is 22.3 Å². The van der Waals surface area contributed by atoms with Crippen LogP contribution in [-0.4, -0.2) is 25.9 Å². The molecule has 0 saturated carbocycles. The van der Waals surface area contributed by atoms with Crippen LogP contribution in [-0.2, 0) is 0 Å². The summed E-state index contributed by atoms with van der Waals surface area (Å²) in [7, 11) is 1.60. The highest BCUT2D eigenvalue weighted by molar-refractivity contribution is 14.1. The van der Waals surface area contributed by atoms with Gasteiger partial charge in [0, 0.05) is 0 Å². The summed E-state index contributed by atoms with van der Waals surface area (Å²) in [4.78, 5) is 0. The minimum absolute atomic E-state index is 0.0826. The molecule has 4 N–H and O–H groups in total. The monoisotopic (exact) mass is 376 g/mol. The first-order valence-electron chi connectivity index (χ1n) is 5.70. The fraction of sp³-hybridized carbons (Fsp3) is 0.333. The molecule has 0 aliphatic heterocycles. The van der Waals surface area contributed by atoms with Gasteiger partial charge in [0.15, 0.2) is 11.5 Å². The van der Waals surface area contributed by atoms with Gasteiger partial charge in [0.25, 0.3) is 0 Å². The summed E-state index contributed by atoms with van der Waals surface area (Å²) in [5, 5.41) is 7.31. The van der Waals surface area contributed by atoms with Crippen molar-refractivity contribution in [3.63, 3.8) is 0 Å². The van der Waals surface area contributed by atoms with E-state index in [1.807, 2.05) is 12.1 Å². The van der Waals surface area contributed by atoms with Crippen LogP contribution >= 0.6 is 22.6 Å². The Labute approximate surface area is 126 Å². The predicted octanol–water partition coefficient (Wildman–Crippen LogP) is 1.70. The van der Waals surface area contributed by atoms with Crippen LogP contribution in [0.5, 0.6) is 11.5 Å². The fourth-order valence-electron chi connectivity index (χ4n) is 1.32. The Bertz CT molecular complexity index is 485. The lowest BCUT2D eigenvalue weighted by molar-refractivity contribution is 0.292. The Morgan fingerprint density at radius 2 is 2.16 bits per heavy atom. The number of rotatable bonds is 6. The van der Waals surface area contributed by atoms with Gasteiger partial charge in [-0.25, -0.2) is 0 Å². The molecule has 0 bridgehead atoms. The Morgan fingerprint density at radius 3 is 2.74 bits per heavy atom. The zero-order valence-corrected chi connectivity index (χ0v) is 13.0. The van der Waals surface area contributed by atoms with Crippen molar-refractivity contribution < 1.29 is 9.47 Å². The number of hydrogen-bond donors (Lipinski definition) is 2. The molecule has 0 saturated heterocycles. The molecule has 0 fully saturated rings. The average molecular weight is 376 g/mol. The van der Waals surface area contributed by atoms with Gasteiger partial charge in [0.05, 0.1) is 23.5 Å².